The van der Waals surface area contributed by atoms with Crippen LogP contribution in [0.25, 0.3) is 100 Å². The van der Waals surface area contributed by atoms with Crippen molar-refractivity contribution in [3.05, 3.63) is 207 Å². The van der Waals surface area contributed by atoms with Gasteiger partial charge in [-0.3, -0.25) is 4.98 Å². The van der Waals surface area contributed by atoms with Crippen molar-refractivity contribution in [2.45, 2.75) is 0 Å². The molecule has 2 aromatic heterocycles. The van der Waals surface area contributed by atoms with Crippen LogP contribution in [0.5, 0.6) is 0 Å². The van der Waals surface area contributed by atoms with E-state index in [-0.39, 0.29) is 0 Å². The Kier molecular flexibility index (Phi) is 8.47. The maximum Gasteiger partial charge on any atom is 0.164 e. The summed E-state index contributed by atoms with van der Waals surface area (Å²) in [6, 6.07) is 68.0. The molecule has 0 bridgehead atoms. The van der Waals surface area contributed by atoms with E-state index in [1.807, 2.05) is 24.4 Å². The fourth-order valence-corrected chi connectivity index (χ4v) is 7.77. The summed E-state index contributed by atoms with van der Waals surface area (Å²) in [4.78, 5) is 20.0. The summed E-state index contributed by atoms with van der Waals surface area (Å²) < 4.78 is 0. The summed E-state index contributed by atoms with van der Waals surface area (Å²) >= 11 is 0. The van der Waals surface area contributed by atoms with Crippen LogP contribution in [0.15, 0.2) is 207 Å². The Balaban J connectivity index is 1.16. The highest BCUT2D eigenvalue weighted by Gasteiger charge is 2.19. The quantitative estimate of drug-likeness (QED) is 0.165. The maximum absolute atomic E-state index is 5.27. The van der Waals surface area contributed by atoms with Gasteiger partial charge in [-0.25, -0.2) is 15.0 Å². The van der Waals surface area contributed by atoms with Gasteiger partial charge in [-0.1, -0.05) is 182 Å². The predicted molar refractivity (Wildman–Crippen MR) is 231 cm³/mol. The largest absolute Gasteiger partial charge is 0.264 e. The number of benzene rings is 8. The molecule has 0 radical (unpaired) electrons. The summed E-state index contributed by atoms with van der Waals surface area (Å²) in [5, 5.41) is 4.65. The molecular formula is C52H34N4. The SMILES string of the molecule is c1ccc(-c2ccccc2-c2nc(-c3ccc(-c4cccnc4)cc3)nc(-c3ccc(-c4ccc(-c5ccccc5)c5ccccc45)c4ccccc34)n2)cc1. The third-order valence-corrected chi connectivity index (χ3v) is 10.5. The van der Waals surface area contributed by atoms with Crippen molar-refractivity contribution in [3.8, 4) is 78.7 Å². The Morgan fingerprint density at radius 1 is 0.232 bits per heavy atom. The molecule has 0 aliphatic rings. The maximum atomic E-state index is 5.27. The van der Waals surface area contributed by atoms with Crippen LogP contribution in [-0.2, 0) is 0 Å². The van der Waals surface area contributed by atoms with Gasteiger partial charge in [0.05, 0.1) is 0 Å². The minimum absolute atomic E-state index is 0.612. The van der Waals surface area contributed by atoms with Gasteiger partial charge < -0.3 is 0 Å². The molecule has 0 fully saturated rings. The van der Waals surface area contributed by atoms with Gasteiger partial charge in [0.15, 0.2) is 17.5 Å². The van der Waals surface area contributed by atoms with Crippen LogP contribution in [0, 0.1) is 0 Å². The van der Waals surface area contributed by atoms with Gasteiger partial charge in [0.1, 0.15) is 0 Å². The van der Waals surface area contributed by atoms with Crippen molar-refractivity contribution >= 4 is 21.5 Å². The average molecular weight is 715 g/mol. The standard InChI is InChI=1S/C52H34N4/c1-3-14-36(15-4-1)40-19-7-12-24-48(40)51-54-50(38-27-25-35(26-28-38)39-18-13-33-53-34-39)55-52(56-51)49-32-31-47(44-22-10-11-23-45(44)49)46-30-29-41(37-16-5-2-6-17-37)42-20-8-9-21-43(42)46/h1-34H. The van der Waals surface area contributed by atoms with Crippen LogP contribution in [0.1, 0.15) is 0 Å². The van der Waals surface area contributed by atoms with Crippen LogP contribution in [0.3, 0.4) is 0 Å². The average Bonchev–Trinajstić information content (AvgIpc) is 3.29. The molecule has 4 heteroatoms. The third kappa shape index (κ3) is 6.09. The second kappa shape index (κ2) is 14.3. The molecule has 8 aromatic carbocycles. The van der Waals surface area contributed by atoms with E-state index in [4.69, 9.17) is 15.0 Å². The molecule has 0 saturated heterocycles. The first-order valence-corrected chi connectivity index (χ1v) is 18.8. The Labute approximate surface area is 325 Å². The van der Waals surface area contributed by atoms with Crippen LogP contribution in [-0.4, -0.2) is 19.9 Å². The normalized spacial score (nSPS) is 11.2. The smallest absolute Gasteiger partial charge is 0.164 e. The molecule has 56 heavy (non-hydrogen) atoms. The van der Waals surface area contributed by atoms with Gasteiger partial charge in [0, 0.05) is 29.1 Å². The lowest BCUT2D eigenvalue weighted by atomic mass is 9.89. The van der Waals surface area contributed by atoms with Crippen molar-refractivity contribution in [1.82, 2.24) is 19.9 Å². The molecule has 0 spiro atoms. The van der Waals surface area contributed by atoms with Crippen LogP contribution in [0.4, 0.5) is 0 Å². The number of hydrogen-bond donors (Lipinski definition) is 0. The summed E-state index contributed by atoms with van der Waals surface area (Å²) in [6.07, 6.45) is 3.67. The minimum Gasteiger partial charge on any atom is -0.264 e. The van der Waals surface area contributed by atoms with E-state index in [0.717, 1.165) is 55.3 Å². The van der Waals surface area contributed by atoms with Gasteiger partial charge >= 0.3 is 0 Å². The first-order valence-electron chi connectivity index (χ1n) is 18.8. The van der Waals surface area contributed by atoms with Gasteiger partial charge in [-0.05, 0) is 78.2 Å². The number of hydrogen-bond acceptors (Lipinski definition) is 4. The molecule has 0 saturated carbocycles. The van der Waals surface area contributed by atoms with Crippen LogP contribution >= 0.6 is 0 Å². The highest BCUT2D eigenvalue weighted by molar-refractivity contribution is 6.11. The second-order valence-electron chi connectivity index (χ2n) is 13.8. The monoisotopic (exact) mass is 714 g/mol. The van der Waals surface area contributed by atoms with Crippen LogP contribution < -0.4 is 0 Å². The van der Waals surface area contributed by atoms with Crippen LogP contribution in [0.2, 0.25) is 0 Å². The van der Waals surface area contributed by atoms with Crippen molar-refractivity contribution < 1.29 is 0 Å². The zero-order valence-electron chi connectivity index (χ0n) is 30.4. The van der Waals surface area contributed by atoms with Gasteiger partial charge in [0.25, 0.3) is 0 Å². The van der Waals surface area contributed by atoms with Gasteiger partial charge in [-0.2, -0.15) is 0 Å². The van der Waals surface area contributed by atoms with Crippen molar-refractivity contribution in [2.75, 3.05) is 0 Å². The minimum atomic E-state index is 0.612. The summed E-state index contributed by atoms with van der Waals surface area (Å²) in [5.74, 6) is 1.86. The van der Waals surface area contributed by atoms with E-state index in [0.29, 0.717) is 17.5 Å². The topological polar surface area (TPSA) is 51.6 Å². The highest BCUT2D eigenvalue weighted by atomic mass is 15.0. The molecular weight excluding hydrogens is 681 g/mol. The summed E-state index contributed by atoms with van der Waals surface area (Å²) in [6.45, 7) is 0. The zero-order valence-corrected chi connectivity index (χ0v) is 30.4. The third-order valence-electron chi connectivity index (χ3n) is 10.5. The Hall–Kier alpha value is -7.56. The van der Waals surface area contributed by atoms with E-state index in [1.54, 1.807) is 6.20 Å². The summed E-state index contributed by atoms with van der Waals surface area (Å²) in [5.41, 5.74) is 11.9. The van der Waals surface area contributed by atoms with Crippen molar-refractivity contribution in [3.63, 3.8) is 0 Å². The number of nitrogens with zero attached hydrogens (tertiary/aromatic N) is 4. The first-order chi connectivity index (χ1) is 27.8. The number of rotatable bonds is 7. The Bertz CT molecular complexity index is 3000. The summed E-state index contributed by atoms with van der Waals surface area (Å²) in [7, 11) is 0. The lowest BCUT2D eigenvalue weighted by Gasteiger charge is -2.16. The first kappa shape index (κ1) is 33.0. The molecule has 0 N–H and O–H groups in total. The number of fused-ring (bicyclic) bond motifs is 2. The number of aromatic nitrogens is 4. The van der Waals surface area contributed by atoms with Crippen molar-refractivity contribution in [1.29, 1.82) is 0 Å². The van der Waals surface area contributed by atoms with E-state index in [9.17, 15) is 0 Å². The molecule has 262 valence electrons. The Morgan fingerprint density at radius 3 is 1.27 bits per heavy atom. The van der Waals surface area contributed by atoms with E-state index in [2.05, 4.69) is 181 Å². The molecule has 4 nitrogen and oxygen atoms in total. The molecule has 10 rings (SSSR count). The zero-order chi connectivity index (χ0) is 37.3. The lowest BCUT2D eigenvalue weighted by molar-refractivity contribution is 1.08. The van der Waals surface area contributed by atoms with Crippen molar-refractivity contribution in [2.24, 2.45) is 0 Å². The highest BCUT2D eigenvalue weighted by Crippen LogP contribution is 2.41. The Morgan fingerprint density at radius 2 is 0.661 bits per heavy atom. The van der Waals surface area contributed by atoms with E-state index < -0.39 is 0 Å². The molecule has 2 heterocycles. The van der Waals surface area contributed by atoms with E-state index >= 15 is 0 Å². The molecule has 0 unspecified atom stereocenters. The predicted octanol–water partition coefficient (Wildman–Crippen LogP) is 13.2. The fraction of sp³-hybridized carbons (Fsp3) is 0. The molecule has 0 atom stereocenters. The number of pyridine rings is 1. The molecule has 0 aliphatic heterocycles. The molecule has 0 aliphatic carbocycles. The van der Waals surface area contributed by atoms with E-state index in [1.165, 1.54) is 27.5 Å². The molecule has 10 aromatic rings. The lowest BCUT2D eigenvalue weighted by Crippen LogP contribution is -2.01. The van der Waals surface area contributed by atoms with Gasteiger partial charge in [0.2, 0.25) is 0 Å². The molecule has 0 amide bonds. The fourth-order valence-electron chi connectivity index (χ4n) is 7.77. The second-order valence-corrected chi connectivity index (χ2v) is 13.8. The van der Waals surface area contributed by atoms with Gasteiger partial charge in [-0.15, -0.1) is 0 Å².